The van der Waals surface area contributed by atoms with E-state index in [1.165, 1.54) is 0 Å². The topological polar surface area (TPSA) is 63.6 Å². The predicted molar refractivity (Wildman–Crippen MR) is 100 cm³/mol. The van der Waals surface area contributed by atoms with Crippen LogP contribution in [-0.2, 0) is 4.79 Å². The lowest BCUT2D eigenvalue weighted by atomic mass is 10.0. The van der Waals surface area contributed by atoms with Crippen LogP contribution < -0.4 is 4.74 Å². The third-order valence-corrected chi connectivity index (χ3v) is 5.62. The molecular formula is C20H18Cl2O4. The molecule has 0 unspecified atom stereocenters. The lowest BCUT2D eigenvalue weighted by Crippen LogP contribution is -2.17. The SMILES string of the molecule is Cc1c(Cl)ccc(C(=O)c2ccccc2O[C@H]2CC[C@H](C(=O)O)C2)c1Cl. The number of carboxylic acids is 1. The minimum Gasteiger partial charge on any atom is -0.490 e. The van der Waals surface area contributed by atoms with E-state index in [0.29, 0.717) is 51.7 Å². The maximum absolute atomic E-state index is 13.0. The highest BCUT2D eigenvalue weighted by atomic mass is 35.5. The Labute approximate surface area is 161 Å². The Morgan fingerprint density at radius 1 is 1.08 bits per heavy atom. The molecule has 0 saturated heterocycles. The number of rotatable bonds is 5. The Morgan fingerprint density at radius 3 is 2.50 bits per heavy atom. The van der Waals surface area contributed by atoms with Crippen LogP contribution in [0, 0.1) is 12.8 Å². The van der Waals surface area contributed by atoms with Crippen LogP contribution in [0.25, 0.3) is 0 Å². The first kappa shape index (κ1) is 18.7. The summed E-state index contributed by atoms with van der Waals surface area (Å²) in [7, 11) is 0. The summed E-state index contributed by atoms with van der Waals surface area (Å²) in [6.07, 6.45) is 1.46. The van der Waals surface area contributed by atoms with Crippen LogP contribution in [0.5, 0.6) is 5.75 Å². The smallest absolute Gasteiger partial charge is 0.306 e. The quantitative estimate of drug-likeness (QED) is 0.713. The molecule has 1 fully saturated rings. The van der Waals surface area contributed by atoms with Gasteiger partial charge in [-0.25, -0.2) is 0 Å². The zero-order valence-corrected chi connectivity index (χ0v) is 15.7. The third kappa shape index (κ3) is 3.71. The molecule has 0 bridgehead atoms. The molecule has 6 heteroatoms. The number of ether oxygens (including phenoxy) is 1. The normalized spacial score (nSPS) is 19.3. The summed E-state index contributed by atoms with van der Waals surface area (Å²) in [6, 6.07) is 10.2. The minimum atomic E-state index is -0.802. The number of carbonyl (C=O) groups excluding carboxylic acids is 1. The molecule has 1 aliphatic rings. The van der Waals surface area contributed by atoms with Crippen molar-refractivity contribution in [2.24, 2.45) is 5.92 Å². The van der Waals surface area contributed by atoms with E-state index in [1.807, 2.05) is 0 Å². The number of hydrogen-bond donors (Lipinski definition) is 1. The van der Waals surface area contributed by atoms with Crippen molar-refractivity contribution in [3.8, 4) is 5.75 Å². The fraction of sp³-hybridized carbons (Fsp3) is 0.300. The first-order chi connectivity index (χ1) is 12.4. The lowest BCUT2D eigenvalue weighted by Gasteiger charge is -2.17. The minimum absolute atomic E-state index is 0.215. The van der Waals surface area contributed by atoms with Gasteiger partial charge in [-0.1, -0.05) is 35.3 Å². The molecule has 26 heavy (non-hydrogen) atoms. The third-order valence-electron chi connectivity index (χ3n) is 4.72. The summed E-state index contributed by atoms with van der Waals surface area (Å²) in [5.74, 6) is -1.00. The Bertz CT molecular complexity index is 863. The molecule has 1 aliphatic carbocycles. The number of carbonyl (C=O) groups is 2. The van der Waals surface area contributed by atoms with Crippen LogP contribution in [0.2, 0.25) is 10.0 Å². The summed E-state index contributed by atoms with van der Waals surface area (Å²) in [5, 5.41) is 9.96. The number of halogens is 2. The first-order valence-electron chi connectivity index (χ1n) is 8.36. The van der Waals surface area contributed by atoms with Gasteiger partial charge in [0.1, 0.15) is 5.75 Å². The molecule has 1 N–H and O–H groups in total. The Morgan fingerprint density at radius 2 is 1.81 bits per heavy atom. The van der Waals surface area contributed by atoms with Crippen molar-refractivity contribution < 1.29 is 19.4 Å². The van der Waals surface area contributed by atoms with Gasteiger partial charge in [-0.2, -0.15) is 0 Å². The Balaban J connectivity index is 1.87. The van der Waals surface area contributed by atoms with Crippen LogP contribution in [0.3, 0.4) is 0 Å². The van der Waals surface area contributed by atoms with Gasteiger partial charge in [0.15, 0.2) is 5.78 Å². The van der Waals surface area contributed by atoms with Crippen LogP contribution in [0.15, 0.2) is 36.4 Å². The summed E-state index contributed by atoms with van der Waals surface area (Å²) >= 11 is 12.4. The van der Waals surface area contributed by atoms with Crippen LogP contribution in [-0.4, -0.2) is 23.0 Å². The molecule has 2 atom stereocenters. The van der Waals surface area contributed by atoms with Gasteiger partial charge in [-0.05, 0) is 56.0 Å². The largest absolute Gasteiger partial charge is 0.490 e. The van der Waals surface area contributed by atoms with E-state index < -0.39 is 11.9 Å². The number of para-hydroxylation sites is 1. The zero-order valence-electron chi connectivity index (χ0n) is 14.2. The van der Waals surface area contributed by atoms with Gasteiger partial charge in [0, 0.05) is 10.6 Å². The van der Waals surface area contributed by atoms with Gasteiger partial charge >= 0.3 is 5.97 Å². The van der Waals surface area contributed by atoms with E-state index in [0.717, 1.165) is 0 Å². The number of hydrogen-bond acceptors (Lipinski definition) is 3. The zero-order chi connectivity index (χ0) is 18.8. The average molecular weight is 393 g/mol. The molecule has 0 aliphatic heterocycles. The molecule has 136 valence electrons. The fourth-order valence-corrected chi connectivity index (χ4v) is 3.65. The van der Waals surface area contributed by atoms with E-state index in [9.17, 15) is 9.59 Å². The highest BCUT2D eigenvalue weighted by molar-refractivity contribution is 6.38. The fourth-order valence-electron chi connectivity index (χ4n) is 3.19. The van der Waals surface area contributed by atoms with Gasteiger partial charge in [0.05, 0.1) is 22.6 Å². The highest BCUT2D eigenvalue weighted by Crippen LogP contribution is 2.33. The summed E-state index contributed by atoms with van der Waals surface area (Å²) in [6.45, 7) is 1.76. The maximum atomic E-state index is 13.0. The van der Waals surface area contributed by atoms with E-state index in [4.69, 9.17) is 33.0 Å². The van der Waals surface area contributed by atoms with E-state index in [1.54, 1.807) is 43.3 Å². The number of ketones is 1. The molecule has 2 aromatic rings. The molecular weight excluding hydrogens is 375 g/mol. The van der Waals surface area contributed by atoms with Crippen molar-refractivity contribution >= 4 is 35.0 Å². The van der Waals surface area contributed by atoms with Crippen LogP contribution >= 0.6 is 23.2 Å². The van der Waals surface area contributed by atoms with Gasteiger partial charge < -0.3 is 9.84 Å². The van der Waals surface area contributed by atoms with Crippen molar-refractivity contribution in [2.75, 3.05) is 0 Å². The van der Waals surface area contributed by atoms with Crippen molar-refractivity contribution in [1.29, 1.82) is 0 Å². The maximum Gasteiger partial charge on any atom is 0.306 e. The van der Waals surface area contributed by atoms with E-state index in [2.05, 4.69) is 0 Å². The molecule has 0 heterocycles. The van der Waals surface area contributed by atoms with Gasteiger partial charge in [0.25, 0.3) is 0 Å². The predicted octanol–water partition coefficient (Wildman–Crippen LogP) is 5.16. The molecule has 0 spiro atoms. The number of carboxylic acid groups (broad SMARTS) is 1. The van der Waals surface area contributed by atoms with Gasteiger partial charge in [-0.3, -0.25) is 9.59 Å². The summed E-state index contributed by atoms with van der Waals surface area (Å²) < 4.78 is 5.97. The van der Waals surface area contributed by atoms with Crippen molar-refractivity contribution in [3.05, 3.63) is 63.1 Å². The van der Waals surface area contributed by atoms with Crippen LogP contribution in [0.1, 0.15) is 40.7 Å². The molecule has 0 radical (unpaired) electrons. The average Bonchev–Trinajstić information content (AvgIpc) is 3.09. The Hall–Kier alpha value is -2.04. The second-order valence-corrected chi connectivity index (χ2v) is 7.23. The Kier molecular flexibility index (Phi) is 5.54. The standard InChI is InChI=1S/C20H18Cl2O4/c1-11-16(21)9-8-15(18(11)22)19(23)14-4-2-3-5-17(14)26-13-7-6-12(10-13)20(24)25/h2-5,8-9,12-13H,6-7,10H2,1H3,(H,24,25)/t12-,13-/m0/s1. The second-order valence-electron chi connectivity index (χ2n) is 6.45. The monoisotopic (exact) mass is 392 g/mol. The summed E-state index contributed by atoms with van der Waals surface area (Å²) in [5.41, 5.74) is 1.41. The number of aliphatic carboxylic acids is 1. The second kappa shape index (κ2) is 7.68. The number of benzene rings is 2. The molecule has 1 saturated carbocycles. The van der Waals surface area contributed by atoms with Gasteiger partial charge in [-0.15, -0.1) is 0 Å². The van der Waals surface area contributed by atoms with Crippen molar-refractivity contribution in [3.63, 3.8) is 0 Å². The molecule has 4 nitrogen and oxygen atoms in total. The molecule has 0 aromatic heterocycles. The summed E-state index contributed by atoms with van der Waals surface area (Å²) in [4.78, 5) is 24.1. The highest BCUT2D eigenvalue weighted by Gasteiger charge is 2.31. The lowest BCUT2D eigenvalue weighted by molar-refractivity contribution is -0.141. The van der Waals surface area contributed by atoms with Gasteiger partial charge in [0.2, 0.25) is 0 Å². The van der Waals surface area contributed by atoms with E-state index >= 15 is 0 Å². The van der Waals surface area contributed by atoms with Crippen LogP contribution in [0.4, 0.5) is 0 Å². The first-order valence-corrected chi connectivity index (χ1v) is 9.12. The van der Waals surface area contributed by atoms with Crippen molar-refractivity contribution in [1.82, 2.24) is 0 Å². The van der Waals surface area contributed by atoms with Crippen molar-refractivity contribution in [2.45, 2.75) is 32.3 Å². The molecule has 2 aromatic carbocycles. The molecule has 3 rings (SSSR count). The molecule has 0 amide bonds. The van der Waals surface area contributed by atoms with E-state index in [-0.39, 0.29) is 11.9 Å².